The maximum Gasteiger partial charge on any atom is 0.0575 e. The fourth-order valence-electron chi connectivity index (χ4n) is 1.92. The summed E-state index contributed by atoms with van der Waals surface area (Å²) in [6.45, 7) is 6.61. The third-order valence-corrected chi connectivity index (χ3v) is 3.28. The monoisotopic (exact) mass is 213 g/mol. The maximum atomic E-state index is 5.75. The molecule has 0 heterocycles. The first-order valence-corrected chi connectivity index (χ1v) is 6.71. The van der Waals surface area contributed by atoms with E-state index in [-0.39, 0.29) is 0 Å². The summed E-state index contributed by atoms with van der Waals surface area (Å²) in [5.74, 6) is 0. The Kier molecular flexibility index (Phi) is 7.03. The van der Waals surface area contributed by atoms with Gasteiger partial charge in [-0.15, -0.1) is 0 Å². The van der Waals surface area contributed by atoms with Gasteiger partial charge in [0.05, 0.1) is 6.10 Å². The summed E-state index contributed by atoms with van der Waals surface area (Å²) in [6.07, 6.45) is 9.53. The highest BCUT2D eigenvalue weighted by Crippen LogP contribution is 2.22. The summed E-state index contributed by atoms with van der Waals surface area (Å²) < 4.78 is 5.75. The molecule has 0 aromatic heterocycles. The second kappa shape index (κ2) is 8.12. The zero-order valence-electron chi connectivity index (χ0n) is 10.4. The van der Waals surface area contributed by atoms with Crippen LogP contribution in [0.15, 0.2) is 0 Å². The Morgan fingerprint density at radius 2 is 2.13 bits per heavy atom. The Morgan fingerprint density at radius 1 is 1.33 bits per heavy atom. The molecule has 0 radical (unpaired) electrons. The molecule has 1 atom stereocenters. The molecule has 0 spiro atoms. The van der Waals surface area contributed by atoms with E-state index in [1.54, 1.807) is 0 Å². The second-order valence-corrected chi connectivity index (χ2v) is 4.63. The Balaban J connectivity index is 1.90. The van der Waals surface area contributed by atoms with Crippen LogP contribution in [0.5, 0.6) is 0 Å². The Labute approximate surface area is 94.8 Å². The van der Waals surface area contributed by atoms with Gasteiger partial charge in [-0.1, -0.05) is 13.8 Å². The van der Waals surface area contributed by atoms with E-state index >= 15 is 0 Å². The van der Waals surface area contributed by atoms with Gasteiger partial charge in [-0.05, 0) is 51.5 Å². The molecule has 90 valence electrons. The maximum absolute atomic E-state index is 5.75. The molecular weight excluding hydrogens is 186 g/mol. The molecule has 1 aliphatic rings. The predicted molar refractivity (Wildman–Crippen MR) is 65.2 cm³/mol. The molecule has 1 aliphatic carbocycles. The van der Waals surface area contributed by atoms with Gasteiger partial charge < -0.3 is 10.1 Å². The van der Waals surface area contributed by atoms with Crippen molar-refractivity contribution in [3.05, 3.63) is 0 Å². The van der Waals surface area contributed by atoms with Crippen molar-refractivity contribution in [2.24, 2.45) is 0 Å². The highest BCUT2D eigenvalue weighted by molar-refractivity contribution is 4.69. The smallest absolute Gasteiger partial charge is 0.0575 e. The summed E-state index contributed by atoms with van der Waals surface area (Å²) in [5, 5.41) is 3.58. The number of nitrogens with one attached hydrogen (secondary N) is 1. The van der Waals surface area contributed by atoms with Crippen LogP contribution >= 0.6 is 0 Å². The van der Waals surface area contributed by atoms with E-state index in [0.29, 0.717) is 12.1 Å². The van der Waals surface area contributed by atoms with E-state index in [0.717, 1.165) is 13.2 Å². The first kappa shape index (κ1) is 13.0. The number of rotatable bonds is 9. The van der Waals surface area contributed by atoms with Crippen LogP contribution in [0.25, 0.3) is 0 Å². The number of hydrogen-bond acceptors (Lipinski definition) is 2. The molecule has 1 fully saturated rings. The number of ether oxygens (including phenoxy) is 1. The van der Waals surface area contributed by atoms with Crippen LogP contribution in [-0.4, -0.2) is 25.3 Å². The number of hydrogen-bond donors (Lipinski definition) is 1. The fourth-order valence-corrected chi connectivity index (χ4v) is 1.92. The van der Waals surface area contributed by atoms with Crippen LogP contribution < -0.4 is 5.32 Å². The molecule has 0 bridgehead atoms. The summed E-state index contributed by atoms with van der Waals surface area (Å²) >= 11 is 0. The first-order chi connectivity index (χ1) is 7.36. The van der Waals surface area contributed by atoms with Gasteiger partial charge in [0.2, 0.25) is 0 Å². The zero-order chi connectivity index (χ0) is 10.9. The van der Waals surface area contributed by atoms with Crippen LogP contribution in [0.4, 0.5) is 0 Å². The molecule has 0 saturated heterocycles. The third-order valence-electron chi connectivity index (χ3n) is 3.28. The summed E-state index contributed by atoms with van der Waals surface area (Å²) in [4.78, 5) is 0. The molecule has 15 heavy (non-hydrogen) atoms. The Bertz CT molecular complexity index is 145. The van der Waals surface area contributed by atoms with Crippen LogP contribution in [0.3, 0.4) is 0 Å². The van der Waals surface area contributed by atoms with E-state index in [4.69, 9.17) is 4.74 Å². The lowest BCUT2D eigenvalue weighted by molar-refractivity contribution is -0.00000273. The minimum absolute atomic E-state index is 0.605. The molecule has 0 aromatic carbocycles. The minimum Gasteiger partial charge on any atom is -0.378 e. The predicted octanol–water partition coefficient (Wildman–Crippen LogP) is 3.11. The van der Waals surface area contributed by atoms with Crippen LogP contribution in [-0.2, 0) is 4.74 Å². The molecule has 1 rings (SSSR count). The SMILES string of the molecule is CCCNC(CC)CCCOC1CCC1. The van der Waals surface area contributed by atoms with Crippen LogP contribution in [0, 0.1) is 0 Å². The highest BCUT2D eigenvalue weighted by atomic mass is 16.5. The van der Waals surface area contributed by atoms with Crippen molar-refractivity contribution in [2.75, 3.05) is 13.2 Å². The average molecular weight is 213 g/mol. The van der Waals surface area contributed by atoms with Gasteiger partial charge in [0.25, 0.3) is 0 Å². The molecule has 1 unspecified atom stereocenters. The largest absolute Gasteiger partial charge is 0.378 e. The Hall–Kier alpha value is -0.0800. The van der Waals surface area contributed by atoms with E-state index in [1.807, 2.05) is 0 Å². The van der Waals surface area contributed by atoms with Gasteiger partial charge in [-0.2, -0.15) is 0 Å². The minimum atomic E-state index is 0.605. The van der Waals surface area contributed by atoms with E-state index in [9.17, 15) is 0 Å². The topological polar surface area (TPSA) is 21.3 Å². The van der Waals surface area contributed by atoms with Crippen molar-refractivity contribution >= 4 is 0 Å². The lowest BCUT2D eigenvalue weighted by Gasteiger charge is -2.26. The van der Waals surface area contributed by atoms with Crippen molar-refractivity contribution in [1.29, 1.82) is 0 Å². The molecule has 0 aliphatic heterocycles. The molecule has 1 saturated carbocycles. The van der Waals surface area contributed by atoms with Crippen molar-refractivity contribution in [3.8, 4) is 0 Å². The second-order valence-electron chi connectivity index (χ2n) is 4.63. The van der Waals surface area contributed by atoms with Gasteiger partial charge in [-0.3, -0.25) is 0 Å². The van der Waals surface area contributed by atoms with E-state index in [1.165, 1.54) is 44.9 Å². The standard InChI is InChI=1S/C13H27NO/c1-3-10-14-12(4-2)7-6-11-15-13-8-5-9-13/h12-14H,3-11H2,1-2H3. The summed E-state index contributed by atoms with van der Waals surface area (Å²) in [5.41, 5.74) is 0. The fraction of sp³-hybridized carbons (Fsp3) is 1.00. The van der Waals surface area contributed by atoms with Crippen LogP contribution in [0.1, 0.15) is 58.8 Å². The van der Waals surface area contributed by atoms with Gasteiger partial charge in [0.15, 0.2) is 0 Å². The molecule has 1 N–H and O–H groups in total. The quantitative estimate of drug-likeness (QED) is 0.594. The molecule has 0 aromatic rings. The third kappa shape index (κ3) is 5.53. The van der Waals surface area contributed by atoms with E-state index in [2.05, 4.69) is 19.2 Å². The molecule has 0 amide bonds. The lowest BCUT2D eigenvalue weighted by atomic mass is 9.96. The normalized spacial score (nSPS) is 18.8. The lowest BCUT2D eigenvalue weighted by Crippen LogP contribution is -2.29. The summed E-state index contributed by atoms with van der Waals surface area (Å²) in [7, 11) is 0. The molecule has 2 nitrogen and oxygen atoms in total. The van der Waals surface area contributed by atoms with Gasteiger partial charge in [-0.25, -0.2) is 0 Å². The van der Waals surface area contributed by atoms with E-state index < -0.39 is 0 Å². The van der Waals surface area contributed by atoms with Gasteiger partial charge >= 0.3 is 0 Å². The zero-order valence-corrected chi connectivity index (χ0v) is 10.4. The van der Waals surface area contributed by atoms with Crippen molar-refractivity contribution in [2.45, 2.75) is 70.9 Å². The molecular formula is C13H27NO. The van der Waals surface area contributed by atoms with Crippen molar-refractivity contribution < 1.29 is 4.74 Å². The average Bonchev–Trinajstić information content (AvgIpc) is 2.19. The van der Waals surface area contributed by atoms with Crippen LogP contribution in [0.2, 0.25) is 0 Å². The highest BCUT2D eigenvalue weighted by Gasteiger charge is 2.17. The van der Waals surface area contributed by atoms with Crippen molar-refractivity contribution in [1.82, 2.24) is 5.32 Å². The van der Waals surface area contributed by atoms with Gasteiger partial charge in [0.1, 0.15) is 0 Å². The van der Waals surface area contributed by atoms with Crippen molar-refractivity contribution in [3.63, 3.8) is 0 Å². The Morgan fingerprint density at radius 3 is 2.67 bits per heavy atom. The first-order valence-electron chi connectivity index (χ1n) is 6.71. The van der Waals surface area contributed by atoms with Gasteiger partial charge in [0, 0.05) is 12.6 Å². The summed E-state index contributed by atoms with van der Waals surface area (Å²) in [6, 6.07) is 0.704. The molecule has 2 heteroatoms.